The van der Waals surface area contributed by atoms with E-state index in [0.717, 1.165) is 16.7 Å². The molecule has 0 aliphatic heterocycles. The largest absolute Gasteiger partial charge is 0.497 e. The number of thioether (sulfide) groups is 1. The first-order valence-electron chi connectivity index (χ1n) is 5.40. The fraction of sp³-hybridized carbons (Fsp3) is 0.500. The number of ether oxygens (including phenoxy) is 1. The van der Waals surface area contributed by atoms with E-state index in [9.17, 15) is 0 Å². The maximum absolute atomic E-state index is 5.97. The van der Waals surface area contributed by atoms with Crippen LogP contribution in [0.5, 0.6) is 5.75 Å². The Kier molecular flexibility index (Phi) is 3.41. The van der Waals surface area contributed by atoms with Gasteiger partial charge in [0.15, 0.2) is 0 Å². The van der Waals surface area contributed by atoms with E-state index < -0.39 is 0 Å². The van der Waals surface area contributed by atoms with Gasteiger partial charge in [0.1, 0.15) is 5.75 Å². The van der Waals surface area contributed by atoms with Gasteiger partial charge >= 0.3 is 0 Å². The van der Waals surface area contributed by atoms with Crippen LogP contribution in [0.1, 0.15) is 25.7 Å². The van der Waals surface area contributed by atoms with Crippen molar-refractivity contribution in [1.82, 2.24) is 0 Å². The molecular weight excluding hydrogens is 206 g/mol. The van der Waals surface area contributed by atoms with Crippen LogP contribution in [0.4, 0.5) is 5.69 Å². The predicted octanol–water partition coefficient (Wildman–Crippen LogP) is 3.31. The summed E-state index contributed by atoms with van der Waals surface area (Å²) in [6.07, 6.45) is 5.40. The number of benzene rings is 1. The molecule has 1 fully saturated rings. The molecule has 0 bridgehead atoms. The van der Waals surface area contributed by atoms with Crippen LogP contribution in [0.3, 0.4) is 0 Å². The number of hydrogen-bond donors (Lipinski definition) is 1. The molecule has 0 amide bonds. The molecule has 2 N–H and O–H groups in total. The molecule has 0 radical (unpaired) electrons. The summed E-state index contributed by atoms with van der Waals surface area (Å²) in [5.74, 6) is 0.836. The number of rotatable bonds is 3. The van der Waals surface area contributed by atoms with E-state index in [1.165, 1.54) is 30.6 Å². The van der Waals surface area contributed by atoms with Crippen LogP contribution in [-0.4, -0.2) is 12.4 Å². The second-order valence-corrected chi connectivity index (χ2v) is 5.27. The molecule has 1 saturated carbocycles. The van der Waals surface area contributed by atoms with Gasteiger partial charge in [-0.05, 0) is 25.0 Å². The second kappa shape index (κ2) is 4.79. The van der Waals surface area contributed by atoms with Crippen LogP contribution < -0.4 is 10.5 Å². The molecule has 3 heteroatoms. The minimum atomic E-state index is 0.765. The highest BCUT2D eigenvalue weighted by molar-refractivity contribution is 8.00. The summed E-state index contributed by atoms with van der Waals surface area (Å²) in [4.78, 5) is 1.20. The smallest absolute Gasteiger partial charge is 0.120 e. The predicted molar refractivity (Wildman–Crippen MR) is 65.5 cm³/mol. The zero-order valence-corrected chi connectivity index (χ0v) is 9.85. The Hall–Kier alpha value is -0.830. The van der Waals surface area contributed by atoms with Crippen LogP contribution in [0, 0.1) is 0 Å². The van der Waals surface area contributed by atoms with E-state index in [1.54, 1.807) is 7.11 Å². The summed E-state index contributed by atoms with van der Waals surface area (Å²) in [6.45, 7) is 0. The van der Waals surface area contributed by atoms with E-state index in [1.807, 2.05) is 23.9 Å². The molecule has 1 aliphatic carbocycles. The molecule has 15 heavy (non-hydrogen) atoms. The summed E-state index contributed by atoms with van der Waals surface area (Å²) in [5.41, 5.74) is 6.81. The minimum absolute atomic E-state index is 0.765. The van der Waals surface area contributed by atoms with Gasteiger partial charge < -0.3 is 10.5 Å². The quantitative estimate of drug-likeness (QED) is 0.798. The van der Waals surface area contributed by atoms with E-state index in [4.69, 9.17) is 10.5 Å². The number of methoxy groups -OCH3 is 1. The van der Waals surface area contributed by atoms with Gasteiger partial charge in [0.05, 0.1) is 7.11 Å². The molecule has 0 spiro atoms. The Bertz CT molecular complexity index is 334. The van der Waals surface area contributed by atoms with E-state index in [-0.39, 0.29) is 0 Å². The fourth-order valence-corrected chi connectivity index (χ4v) is 3.22. The van der Waals surface area contributed by atoms with Crippen molar-refractivity contribution in [1.29, 1.82) is 0 Å². The van der Waals surface area contributed by atoms with Gasteiger partial charge in [-0.2, -0.15) is 0 Å². The van der Waals surface area contributed by atoms with Crippen LogP contribution in [0.15, 0.2) is 23.1 Å². The molecule has 2 rings (SSSR count). The summed E-state index contributed by atoms with van der Waals surface area (Å²) < 4.78 is 5.13. The highest BCUT2D eigenvalue weighted by atomic mass is 32.2. The van der Waals surface area contributed by atoms with Gasteiger partial charge in [-0.3, -0.25) is 0 Å². The molecule has 0 saturated heterocycles. The lowest BCUT2D eigenvalue weighted by atomic mass is 10.3. The zero-order valence-electron chi connectivity index (χ0n) is 9.03. The highest BCUT2D eigenvalue weighted by Crippen LogP contribution is 2.38. The standard InChI is InChI=1S/C12H17NOS/c1-14-9-6-7-12(11(13)8-9)15-10-4-2-3-5-10/h6-8,10H,2-5,13H2,1H3. The first-order valence-corrected chi connectivity index (χ1v) is 6.28. The molecule has 1 aromatic rings. The average Bonchev–Trinajstić information content (AvgIpc) is 2.74. The topological polar surface area (TPSA) is 35.2 Å². The number of anilines is 1. The van der Waals surface area contributed by atoms with Crippen molar-refractivity contribution in [3.05, 3.63) is 18.2 Å². The second-order valence-electron chi connectivity index (χ2n) is 3.93. The molecule has 0 unspecified atom stereocenters. The van der Waals surface area contributed by atoms with Gasteiger partial charge in [0.25, 0.3) is 0 Å². The van der Waals surface area contributed by atoms with Gasteiger partial charge in [0.2, 0.25) is 0 Å². The van der Waals surface area contributed by atoms with Crippen molar-refractivity contribution in [3.8, 4) is 5.75 Å². The maximum Gasteiger partial charge on any atom is 0.120 e. The maximum atomic E-state index is 5.97. The third-order valence-corrected chi connectivity index (χ3v) is 4.24. The molecule has 1 aliphatic rings. The fourth-order valence-electron chi connectivity index (χ4n) is 1.95. The lowest BCUT2D eigenvalue weighted by molar-refractivity contribution is 0.415. The van der Waals surface area contributed by atoms with Crippen LogP contribution in [0.25, 0.3) is 0 Å². The molecule has 82 valence electrons. The van der Waals surface area contributed by atoms with Gasteiger partial charge in [-0.25, -0.2) is 0 Å². The van der Waals surface area contributed by atoms with E-state index in [0.29, 0.717) is 0 Å². The van der Waals surface area contributed by atoms with E-state index >= 15 is 0 Å². The number of nitrogen functional groups attached to an aromatic ring is 1. The first-order chi connectivity index (χ1) is 7.29. The third kappa shape index (κ3) is 2.59. The lowest BCUT2D eigenvalue weighted by Crippen LogP contribution is -1.97. The van der Waals surface area contributed by atoms with Crippen molar-refractivity contribution in [2.24, 2.45) is 0 Å². The van der Waals surface area contributed by atoms with Crippen molar-refractivity contribution in [3.63, 3.8) is 0 Å². The summed E-state index contributed by atoms with van der Waals surface area (Å²) in [5, 5.41) is 0.765. The number of nitrogens with two attached hydrogens (primary N) is 1. The average molecular weight is 223 g/mol. The van der Waals surface area contributed by atoms with Gasteiger partial charge in [-0.1, -0.05) is 12.8 Å². The van der Waals surface area contributed by atoms with Crippen molar-refractivity contribution in [2.45, 2.75) is 35.8 Å². The Morgan fingerprint density at radius 1 is 1.33 bits per heavy atom. The molecule has 0 atom stereocenters. The Balaban J connectivity index is 2.07. The first kappa shape index (κ1) is 10.7. The molecule has 0 aromatic heterocycles. The van der Waals surface area contributed by atoms with Crippen molar-refractivity contribution < 1.29 is 4.74 Å². The highest BCUT2D eigenvalue weighted by Gasteiger charge is 2.17. The number of hydrogen-bond acceptors (Lipinski definition) is 3. The molecular formula is C12H17NOS. The van der Waals surface area contributed by atoms with E-state index in [2.05, 4.69) is 6.07 Å². The SMILES string of the molecule is COc1ccc(SC2CCCC2)c(N)c1. The third-order valence-electron chi connectivity index (χ3n) is 2.81. The summed E-state index contributed by atoms with van der Waals surface area (Å²) in [6, 6.07) is 5.95. The normalized spacial score (nSPS) is 16.9. The van der Waals surface area contributed by atoms with Crippen LogP contribution >= 0.6 is 11.8 Å². The van der Waals surface area contributed by atoms with Crippen LogP contribution in [-0.2, 0) is 0 Å². The van der Waals surface area contributed by atoms with Crippen molar-refractivity contribution >= 4 is 17.4 Å². The van der Waals surface area contributed by atoms with Gasteiger partial charge in [-0.15, -0.1) is 11.8 Å². The molecule has 2 nitrogen and oxygen atoms in total. The van der Waals surface area contributed by atoms with Crippen molar-refractivity contribution in [2.75, 3.05) is 12.8 Å². The lowest BCUT2D eigenvalue weighted by Gasteiger charge is -2.11. The summed E-state index contributed by atoms with van der Waals surface area (Å²) in [7, 11) is 1.67. The summed E-state index contributed by atoms with van der Waals surface area (Å²) >= 11 is 1.92. The van der Waals surface area contributed by atoms with Gasteiger partial charge in [0, 0.05) is 21.9 Å². The van der Waals surface area contributed by atoms with Crippen LogP contribution in [0.2, 0.25) is 0 Å². The molecule has 0 heterocycles. The monoisotopic (exact) mass is 223 g/mol. The Morgan fingerprint density at radius 2 is 2.07 bits per heavy atom. The minimum Gasteiger partial charge on any atom is -0.497 e. The zero-order chi connectivity index (χ0) is 10.7. The molecule has 1 aromatic carbocycles. The Labute approximate surface area is 95.2 Å². The Morgan fingerprint density at radius 3 is 2.67 bits per heavy atom.